The molecule has 0 bridgehead atoms. The molecule has 1 aliphatic rings. The summed E-state index contributed by atoms with van der Waals surface area (Å²) in [6.45, 7) is 2.59. The molecule has 3 heterocycles. The van der Waals surface area contributed by atoms with E-state index in [1.54, 1.807) is 18.3 Å². The van der Waals surface area contributed by atoms with Crippen LogP contribution in [0.15, 0.2) is 91.3 Å². The van der Waals surface area contributed by atoms with E-state index in [0.717, 1.165) is 28.5 Å². The van der Waals surface area contributed by atoms with Gasteiger partial charge in [-0.15, -0.1) is 0 Å². The number of ether oxygens (including phenoxy) is 1. The summed E-state index contributed by atoms with van der Waals surface area (Å²) in [6, 6.07) is 24.0. The lowest BCUT2D eigenvalue weighted by molar-refractivity contribution is 0.340. The molecule has 0 radical (unpaired) electrons. The van der Waals surface area contributed by atoms with E-state index in [2.05, 4.69) is 20.9 Å². The Hall–Kier alpha value is -3.71. The number of hydrogen-bond acceptors (Lipinski definition) is 3. The summed E-state index contributed by atoms with van der Waals surface area (Å²) >= 11 is 5.76. The molecule has 166 valence electrons. The highest BCUT2D eigenvalue weighted by molar-refractivity contribution is 7.80. The van der Waals surface area contributed by atoms with E-state index < -0.39 is 0 Å². The SMILES string of the molecule is CCOc1ccc(-n2cccc2C2C(c3ccccn3)NC(=S)N2c2ccc(F)cc2)cc1. The quantitative estimate of drug-likeness (QED) is 0.382. The first-order valence-electron chi connectivity index (χ1n) is 10.8. The molecule has 2 atom stereocenters. The Balaban J connectivity index is 1.61. The van der Waals surface area contributed by atoms with E-state index >= 15 is 0 Å². The molecule has 0 amide bonds. The van der Waals surface area contributed by atoms with Crippen molar-refractivity contribution < 1.29 is 9.13 Å². The summed E-state index contributed by atoms with van der Waals surface area (Å²) in [5, 5.41) is 4.02. The van der Waals surface area contributed by atoms with Gasteiger partial charge in [-0.3, -0.25) is 4.98 Å². The molecule has 1 aliphatic heterocycles. The first-order chi connectivity index (χ1) is 16.2. The minimum absolute atomic E-state index is 0.180. The Bertz CT molecular complexity index is 1240. The van der Waals surface area contributed by atoms with Crippen LogP contribution in [0.5, 0.6) is 5.75 Å². The lowest BCUT2D eigenvalue weighted by atomic mass is 10.0. The summed E-state index contributed by atoms with van der Waals surface area (Å²) in [4.78, 5) is 6.63. The lowest BCUT2D eigenvalue weighted by Crippen LogP contribution is -2.30. The summed E-state index contributed by atoms with van der Waals surface area (Å²) in [5.41, 5.74) is 3.74. The average Bonchev–Trinajstić information content (AvgIpc) is 3.45. The van der Waals surface area contributed by atoms with Crippen molar-refractivity contribution in [2.24, 2.45) is 0 Å². The van der Waals surface area contributed by atoms with Gasteiger partial charge in [0.2, 0.25) is 0 Å². The van der Waals surface area contributed by atoms with Gasteiger partial charge in [-0.05, 0) is 91.9 Å². The van der Waals surface area contributed by atoms with Gasteiger partial charge in [0.15, 0.2) is 5.11 Å². The number of nitrogens with zero attached hydrogens (tertiary/aromatic N) is 3. The van der Waals surface area contributed by atoms with E-state index in [9.17, 15) is 4.39 Å². The highest BCUT2D eigenvalue weighted by Crippen LogP contribution is 2.42. The second kappa shape index (κ2) is 9.03. The summed E-state index contributed by atoms with van der Waals surface area (Å²) in [6.07, 6.45) is 3.81. The number of aromatic nitrogens is 2. The predicted octanol–water partition coefficient (Wildman–Crippen LogP) is 5.59. The zero-order valence-corrected chi connectivity index (χ0v) is 18.9. The van der Waals surface area contributed by atoms with E-state index in [-0.39, 0.29) is 17.9 Å². The van der Waals surface area contributed by atoms with Crippen molar-refractivity contribution in [2.45, 2.75) is 19.0 Å². The third-order valence-electron chi connectivity index (χ3n) is 5.71. The Labute approximate surface area is 197 Å². The Morgan fingerprint density at radius 2 is 1.73 bits per heavy atom. The van der Waals surface area contributed by atoms with Crippen LogP contribution in [0.4, 0.5) is 10.1 Å². The number of hydrogen-bond donors (Lipinski definition) is 1. The molecule has 33 heavy (non-hydrogen) atoms. The molecule has 5 nitrogen and oxygen atoms in total. The minimum Gasteiger partial charge on any atom is -0.494 e. The van der Waals surface area contributed by atoms with Crippen molar-refractivity contribution in [1.82, 2.24) is 14.9 Å². The van der Waals surface area contributed by atoms with Gasteiger partial charge in [0, 0.05) is 29.5 Å². The van der Waals surface area contributed by atoms with Gasteiger partial charge in [-0.2, -0.15) is 0 Å². The molecule has 2 aromatic carbocycles. The third-order valence-corrected chi connectivity index (χ3v) is 6.03. The fourth-order valence-corrected chi connectivity index (χ4v) is 4.62. The van der Waals surface area contributed by atoms with Crippen molar-refractivity contribution in [1.29, 1.82) is 0 Å². The Kier molecular flexibility index (Phi) is 5.79. The molecule has 5 rings (SSSR count). The van der Waals surface area contributed by atoms with Gasteiger partial charge < -0.3 is 19.5 Å². The first-order valence-corrected chi connectivity index (χ1v) is 11.2. The van der Waals surface area contributed by atoms with Gasteiger partial charge in [-0.1, -0.05) is 6.07 Å². The summed E-state index contributed by atoms with van der Waals surface area (Å²) < 4.78 is 21.4. The van der Waals surface area contributed by atoms with Gasteiger partial charge >= 0.3 is 0 Å². The lowest BCUT2D eigenvalue weighted by Gasteiger charge is -2.29. The molecule has 2 aromatic heterocycles. The number of benzene rings is 2. The highest BCUT2D eigenvalue weighted by Gasteiger charge is 2.42. The number of rotatable bonds is 6. The molecular formula is C26H23FN4OS. The number of anilines is 1. The number of halogens is 1. The topological polar surface area (TPSA) is 42.3 Å². The number of pyridine rings is 1. The van der Waals surface area contributed by atoms with Crippen molar-refractivity contribution in [3.05, 3.63) is 108 Å². The molecule has 0 saturated carbocycles. The maximum absolute atomic E-state index is 13.7. The maximum atomic E-state index is 13.7. The molecule has 2 unspecified atom stereocenters. The number of nitrogens with one attached hydrogen (secondary N) is 1. The van der Waals surface area contributed by atoms with Gasteiger partial charge in [0.25, 0.3) is 0 Å². The molecule has 7 heteroatoms. The molecule has 1 saturated heterocycles. The van der Waals surface area contributed by atoms with Crippen LogP contribution in [0, 0.1) is 5.82 Å². The van der Waals surface area contributed by atoms with Crippen molar-refractivity contribution in [3.63, 3.8) is 0 Å². The Morgan fingerprint density at radius 1 is 0.970 bits per heavy atom. The van der Waals surface area contributed by atoms with Crippen LogP contribution in [0.25, 0.3) is 5.69 Å². The van der Waals surface area contributed by atoms with Gasteiger partial charge in [0.05, 0.1) is 18.3 Å². The van der Waals surface area contributed by atoms with Crippen molar-refractivity contribution >= 4 is 23.0 Å². The second-order valence-electron chi connectivity index (χ2n) is 7.70. The van der Waals surface area contributed by atoms with E-state index in [1.807, 2.05) is 66.6 Å². The molecular weight excluding hydrogens is 435 g/mol. The van der Waals surface area contributed by atoms with E-state index in [1.165, 1.54) is 12.1 Å². The molecule has 0 spiro atoms. The number of thiocarbonyl (C=S) groups is 1. The summed E-state index contributed by atoms with van der Waals surface area (Å²) in [5.74, 6) is 0.547. The zero-order valence-electron chi connectivity index (χ0n) is 18.1. The average molecular weight is 459 g/mol. The molecule has 1 fully saturated rings. The van der Waals surface area contributed by atoms with Crippen LogP contribution >= 0.6 is 12.2 Å². The highest BCUT2D eigenvalue weighted by atomic mass is 32.1. The zero-order chi connectivity index (χ0) is 22.8. The van der Waals surface area contributed by atoms with Crippen LogP contribution in [0.2, 0.25) is 0 Å². The second-order valence-corrected chi connectivity index (χ2v) is 8.09. The van der Waals surface area contributed by atoms with Crippen LogP contribution in [0.3, 0.4) is 0 Å². The fraction of sp³-hybridized carbons (Fsp3) is 0.154. The van der Waals surface area contributed by atoms with E-state index in [4.69, 9.17) is 17.0 Å². The van der Waals surface area contributed by atoms with Crippen LogP contribution in [-0.2, 0) is 0 Å². The monoisotopic (exact) mass is 458 g/mol. The van der Waals surface area contributed by atoms with E-state index in [0.29, 0.717) is 11.7 Å². The normalized spacial score (nSPS) is 17.8. The van der Waals surface area contributed by atoms with Gasteiger partial charge in [0.1, 0.15) is 17.6 Å². The largest absolute Gasteiger partial charge is 0.494 e. The predicted molar refractivity (Wildman–Crippen MR) is 131 cm³/mol. The molecule has 4 aromatic rings. The minimum atomic E-state index is -0.285. The van der Waals surface area contributed by atoms with Crippen molar-refractivity contribution in [3.8, 4) is 11.4 Å². The smallest absolute Gasteiger partial charge is 0.174 e. The molecule has 1 N–H and O–H groups in total. The maximum Gasteiger partial charge on any atom is 0.174 e. The standard InChI is InChI=1S/C26H23FN4OS/c1-2-32-21-14-12-19(13-15-21)30-17-5-7-23(30)25-24(22-6-3-4-16-28-22)29-26(33)31(25)20-10-8-18(27)9-11-20/h3-17,24-25H,2H2,1H3,(H,29,33). The Morgan fingerprint density at radius 3 is 2.42 bits per heavy atom. The van der Waals surface area contributed by atoms with Crippen molar-refractivity contribution in [2.75, 3.05) is 11.5 Å². The molecule has 0 aliphatic carbocycles. The first kappa shape index (κ1) is 21.2. The third kappa shape index (κ3) is 4.07. The van der Waals surface area contributed by atoms with Gasteiger partial charge in [-0.25, -0.2) is 4.39 Å². The summed E-state index contributed by atoms with van der Waals surface area (Å²) in [7, 11) is 0. The van der Waals surface area contributed by atoms with Crippen LogP contribution in [-0.4, -0.2) is 21.3 Å². The van der Waals surface area contributed by atoms with Crippen LogP contribution in [0.1, 0.15) is 30.4 Å². The fourth-order valence-electron chi connectivity index (χ4n) is 4.28. The van der Waals surface area contributed by atoms with Crippen LogP contribution < -0.4 is 15.0 Å².